The molecule has 0 heterocycles. The zero-order valence-corrected chi connectivity index (χ0v) is 10.6. The Balaban J connectivity index is 2.28. The van der Waals surface area contributed by atoms with Crippen LogP contribution in [0.2, 0.25) is 0 Å². The van der Waals surface area contributed by atoms with Gasteiger partial charge in [-0.15, -0.1) is 0 Å². The Morgan fingerprint density at radius 3 is 2.69 bits per heavy atom. The largest absolute Gasteiger partial charge is 0.496 e. The normalized spacial score (nSPS) is 16.9. The topological polar surface area (TPSA) is 46.5 Å². The number of hydrogen-bond acceptors (Lipinski definition) is 2. The Morgan fingerprint density at radius 1 is 1.56 bits per heavy atom. The van der Waals surface area contributed by atoms with Gasteiger partial charge in [0.1, 0.15) is 5.75 Å². The Kier molecular flexibility index (Phi) is 2.93. The van der Waals surface area contributed by atoms with Gasteiger partial charge in [0.05, 0.1) is 18.0 Å². The van der Waals surface area contributed by atoms with Gasteiger partial charge in [0.25, 0.3) is 0 Å². The third-order valence-corrected chi connectivity index (χ3v) is 3.73. The number of aliphatic carboxylic acids is 1. The molecule has 0 spiro atoms. The van der Waals surface area contributed by atoms with Crippen molar-refractivity contribution >= 4 is 21.9 Å². The van der Waals surface area contributed by atoms with Crippen molar-refractivity contribution in [3.8, 4) is 5.75 Å². The molecule has 1 fully saturated rings. The van der Waals surface area contributed by atoms with Gasteiger partial charge in [0.2, 0.25) is 0 Å². The Bertz CT molecular complexity index is 424. The minimum Gasteiger partial charge on any atom is -0.496 e. The van der Waals surface area contributed by atoms with Crippen molar-refractivity contribution in [2.75, 3.05) is 7.11 Å². The summed E-state index contributed by atoms with van der Waals surface area (Å²) >= 11 is 3.42. The van der Waals surface area contributed by atoms with Gasteiger partial charge in [-0.25, -0.2) is 0 Å². The molecule has 1 aliphatic rings. The minimum atomic E-state index is -0.732. The van der Waals surface area contributed by atoms with Gasteiger partial charge >= 0.3 is 5.97 Å². The van der Waals surface area contributed by atoms with Crippen LogP contribution in [0.25, 0.3) is 0 Å². The molecule has 2 rings (SSSR count). The van der Waals surface area contributed by atoms with E-state index in [1.165, 1.54) is 0 Å². The number of halogens is 1. The number of carboxylic acid groups (broad SMARTS) is 1. The highest BCUT2D eigenvalue weighted by Gasteiger charge is 2.46. The number of carboxylic acids is 1. The van der Waals surface area contributed by atoms with E-state index in [9.17, 15) is 4.79 Å². The van der Waals surface area contributed by atoms with Crippen molar-refractivity contribution in [2.45, 2.75) is 24.7 Å². The first-order valence-electron chi connectivity index (χ1n) is 5.13. The number of rotatable bonds is 4. The van der Waals surface area contributed by atoms with E-state index in [0.29, 0.717) is 0 Å². The summed E-state index contributed by atoms with van der Waals surface area (Å²) in [6, 6.07) is 5.80. The molecule has 1 saturated carbocycles. The first kappa shape index (κ1) is 11.5. The quantitative estimate of drug-likeness (QED) is 0.925. The van der Waals surface area contributed by atoms with Crippen LogP contribution >= 0.6 is 15.9 Å². The van der Waals surface area contributed by atoms with Gasteiger partial charge in [-0.2, -0.15) is 0 Å². The van der Waals surface area contributed by atoms with E-state index in [4.69, 9.17) is 9.84 Å². The predicted molar refractivity (Wildman–Crippen MR) is 63.9 cm³/mol. The third kappa shape index (κ3) is 2.07. The fraction of sp³-hybridized carbons (Fsp3) is 0.417. The Hall–Kier alpha value is -1.03. The van der Waals surface area contributed by atoms with Crippen molar-refractivity contribution < 1.29 is 14.6 Å². The zero-order chi connectivity index (χ0) is 11.8. The van der Waals surface area contributed by atoms with E-state index in [1.807, 2.05) is 18.2 Å². The second-order valence-electron chi connectivity index (χ2n) is 4.20. The van der Waals surface area contributed by atoms with Crippen LogP contribution in [-0.4, -0.2) is 18.2 Å². The molecule has 1 aliphatic carbocycles. The predicted octanol–water partition coefficient (Wildman–Crippen LogP) is 2.96. The first-order valence-corrected chi connectivity index (χ1v) is 5.92. The molecule has 0 amide bonds. The van der Waals surface area contributed by atoms with E-state index >= 15 is 0 Å². The van der Waals surface area contributed by atoms with Gasteiger partial charge in [0.15, 0.2) is 0 Å². The number of benzene rings is 1. The summed E-state index contributed by atoms with van der Waals surface area (Å²) < 4.78 is 6.03. The first-order chi connectivity index (χ1) is 7.57. The molecule has 3 nitrogen and oxygen atoms in total. The fourth-order valence-corrected chi connectivity index (χ4v) is 2.54. The highest BCUT2D eigenvalue weighted by molar-refractivity contribution is 9.10. The molecule has 0 aliphatic heterocycles. The van der Waals surface area contributed by atoms with Gasteiger partial charge in [-0.1, -0.05) is 6.07 Å². The van der Waals surface area contributed by atoms with Crippen molar-refractivity contribution in [3.63, 3.8) is 0 Å². The van der Waals surface area contributed by atoms with Crippen molar-refractivity contribution in [3.05, 3.63) is 28.2 Å². The monoisotopic (exact) mass is 284 g/mol. The van der Waals surface area contributed by atoms with E-state index in [-0.39, 0.29) is 11.8 Å². The fourth-order valence-electron chi connectivity index (χ4n) is 2.00. The van der Waals surface area contributed by atoms with Crippen LogP contribution in [0.4, 0.5) is 0 Å². The highest BCUT2D eigenvalue weighted by atomic mass is 79.9. The van der Waals surface area contributed by atoms with Crippen LogP contribution < -0.4 is 4.74 Å². The van der Waals surface area contributed by atoms with Crippen molar-refractivity contribution in [2.24, 2.45) is 0 Å². The zero-order valence-electron chi connectivity index (χ0n) is 9.00. The van der Waals surface area contributed by atoms with E-state index in [1.54, 1.807) is 7.11 Å². The molecule has 0 atom stereocenters. The molecule has 0 radical (unpaired) electrons. The minimum absolute atomic E-state index is 0.138. The smallest absolute Gasteiger partial charge is 0.304 e. The summed E-state index contributed by atoms with van der Waals surface area (Å²) in [5.74, 6) is 0.0410. The lowest BCUT2D eigenvalue weighted by molar-refractivity contribution is -0.137. The van der Waals surface area contributed by atoms with E-state index in [2.05, 4.69) is 15.9 Å². The maximum Gasteiger partial charge on any atom is 0.304 e. The SMILES string of the molecule is COc1ccc(C2(CC(=O)O)CC2)cc1Br. The average molecular weight is 285 g/mol. The highest BCUT2D eigenvalue weighted by Crippen LogP contribution is 2.52. The second-order valence-corrected chi connectivity index (χ2v) is 5.05. The van der Waals surface area contributed by atoms with Gasteiger partial charge in [0, 0.05) is 5.41 Å². The molecule has 1 aromatic rings. The molecule has 86 valence electrons. The molecule has 0 aromatic heterocycles. The van der Waals surface area contributed by atoms with Crippen LogP contribution in [0, 0.1) is 0 Å². The van der Waals surface area contributed by atoms with E-state index < -0.39 is 5.97 Å². The molecule has 0 saturated heterocycles. The molecule has 1 N–H and O–H groups in total. The van der Waals surface area contributed by atoms with Crippen LogP contribution in [0.1, 0.15) is 24.8 Å². The lowest BCUT2D eigenvalue weighted by Gasteiger charge is -2.14. The van der Waals surface area contributed by atoms with Crippen molar-refractivity contribution in [1.82, 2.24) is 0 Å². The summed E-state index contributed by atoms with van der Waals surface area (Å²) in [6.45, 7) is 0. The Morgan fingerprint density at radius 2 is 2.25 bits per heavy atom. The van der Waals surface area contributed by atoms with Crippen molar-refractivity contribution in [1.29, 1.82) is 0 Å². The summed E-state index contributed by atoms with van der Waals surface area (Å²) in [5, 5.41) is 8.88. The van der Waals surface area contributed by atoms with E-state index in [0.717, 1.165) is 28.6 Å². The van der Waals surface area contributed by atoms with Crippen LogP contribution in [0.3, 0.4) is 0 Å². The molecule has 4 heteroatoms. The average Bonchev–Trinajstić information content (AvgIpc) is 2.98. The molecule has 16 heavy (non-hydrogen) atoms. The number of methoxy groups -OCH3 is 1. The number of hydrogen-bond donors (Lipinski definition) is 1. The van der Waals surface area contributed by atoms with Crippen LogP contribution in [-0.2, 0) is 10.2 Å². The van der Waals surface area contributed by atoms with Crippen LogP contribution in [0.5, 0.6) is 5.75 Å². The maximum atomic E-state index is 10.8. The maximum absolute atomic E-state index is 10.8. The molecular formula is C12H13BrO3. The summed E-state index contributed by atoms with van der Waals surface area (Å²) in [7, 11) is 1.61. The summed E-state index contributed by atoms with van der Waals surface area (Å²) in [6.07, 6.45) is 2.13. The van der Waals surface area contributed by atoms with Gasteiger partial charge in [-0.3, -0.25) is 4.79 Å². The number of carbonyl (C=O) groups is 1. The van der Waals surface area contributed by atoms with Crippen LogP contribution in [0.15, 0.2) is 22.7 Å². The van der Waals surface area contributed by atoms with Gasteiger partial charge in [-0.05, 0) is 46.5 Å². The molecule has 0 bridgehead atoms. The third-order valence-electron chi connectivity index (χ3n) is 3.11. The molecule has 0 unspecified atom stereocenters. The summed E-state index contributed by atoms with van der Waals surface area (Å²) in [4.78, 5) is 10.8. The number of ether oxygens (including phenoxy) is 1. The summed E-state index contributed by atoms with van der Waals surface area (Å²) in [5.41, 5.74) is 0.947. The lowest BCUT2D eigenvalue weighted by Crippen LogP contribution is -2.12. The molecular weight excluding hydrogens is 272 g/mol. The standard InChI is InChI=1S/C12H13BrO3/c1-16-10-3-2-8(6-9(10)13)12(4-5-12)7-11(14)15/h2-3,6H,4-5,7H2,1H3,(H,14,15). The lowest BCUT2D eigenvalue weighted by atomic mass is 9.92. The van der Waals surface area contributed by atoms with Gasteiger partial charge < -0.3 is 9.84 Å². The molecule has 1 aromatic carbocycles. The second kappa shape index (κ2) is 4.09. The Labute approximate surface area is 103 Å².